The predicted molar refractivity (Wildman–Crippen MR) is 152 cm³/mol. The van der Waals surface area contributed by atoms with E-state index >= 15 is 0 Å². The van der Waals surface area contributed by atoms with Crippen LogP contribution in [0.15, 0.2) is 103 Å². The highest BCUT2D eigenvalue weighted by atomic mass is 16.5. The zero-order chi connectivity index (χ0) is 27.8. The Balaban J connectivity index is 1.46. The second-order valence-corrected chi connectivity index (χ2v) is 10.0. The number of carboxylic acid groups (broad SMARTS) is 1. The van der Waals surface area contributed by atoms with Gasteiger partial charge < -0.3 is 19.9 Å². The maximum atomic E-state index is 13.3. The molecule has 4 aromatic carbocycles. The summed E-state index contributed by atoms with van der Waals surface area (Å²) in [5.74, 6) is 0.312. The Morgan fingerprint density at radius 3 is 1.95 bits per heavy atom. The summed E-state index contributed by atoms with van der Waals surface area (Å²) in [6.45, 7) is 4.82. The number of nitrogens with one attached hydrogen (secondary N) is 1. The number of rotatable bonds is 11. The van der Waals surface area contributed by atoms with Crippen LogP contribution in [-0.2, 0) is 17.6 Å². The number of aliphatic carboxylic acids is 1. The number of benzene rings is 4. The lowest BCUT2D eigenvalue weighted by Crippen LogP contribution is -2.38. The number of amides is 1. The Morgan fingerprint density at radius 1 is 0.795 bits per heavy atom. The molecule has 0 aliphatic carbocycles. The molecule has 0 aliphatic rings. The normalized spacial score (nSPS) is 11.2. The van der Waals surface area contributed by atoms with E-state index in [9.17, 15) is 14.7 Å². The largest absolute Gasteiger partial charge is 0.478 e. The second kappa shape index (κ2) is 12.3. The Hall–Kier alpha value is -4.58. The van der Waals surface area contributed by atoms with E-state index in [0.717, 1.165) is 16.7 Å². The summed E-state index contributed by atoms with van der Waals surface area (Å²) in [4.78, 5) is 24.7. The summed E-state index contributed by atoms with van der Waals surface area (Å²) in [5, 5.41) is 12.5. The molecule has 0 unspecified atom stereocenters. The molecule has 0 radical (unpaired) electrons. The number of carbonyl (C=O) groups is 2. The van der Waals surface area contributed by atoms with Gasteiger partial charge in [0.1, 0.15) is 17.2 Å². The van der Waals surface area contributed by atoms with Crippen LogP contribution in [0.1, 0.15) is 40.9 Å². The molecule has 200 valence electrons. The third-order valence-electron chi connectivity index (χ3n) is 6.34. The van der Waals surface area contributed by atoms with Crippen molar-refractivity contribution in [3.05, 3.63) is 125 Å². The standard InChI is InChI=1S/C33H33NO5/c1-23-19-29(17-18-30(23)39-33(2,3)32(36)37)38-28-16-10-15-26(22-28)31(35)34-27(20-24-11-6-4-7-12-24)21-25-13-8-5-9-14-25/h4-19,22,27H,20-21H2,1-3H3,(H,34,35)(H,36,37). The maximum Gasteiger partial charge on any atom is 0.347 e. The first-order valence-corrected chi connectivity index (χ1v) is 12.9. The van der Waals surface area contributed by atoms with Crippen molar-refractivity contribution in [1.29, 1.82) is 0 Å². The summed E-state index contributed by atoms with van der Waals surface area (Å²) in [6, 6.07) is 32.4. The van der Waals surface area contributed by atoms with Gasteiger partial charge in [-0.05, 0) is 86.7 Å². The van der Waals surface area contributed by atoms with Crippen molar-refractivity contribution in [2.45, 2.75) is 45.3 Å². The van der Waals surface area contributed by atoms with Crippen LogP contribution in [0.5, 0.6) is 17.2 Å². The number of aryl methyl sites for hydroxylation is 1. The molecule has 4 rings (SSSR count). The lowest BCUT2D eigenvalue weighted by molar-refractivity contribution is -0.152. The van der Waals surface area contributed by atoms with Crippen molar-refractivity contribution in [2.24, 2.45) is 0 Å². The smallest absolute Gasteiger partial charge is 0.347 e. The van der Waals surface area contributed by atoms with Crippen LogP contribution in [0.2, 0.25) is 0 Å². The molecule has 0 spiro atoms. The fourth-order valence-electron chi connectivity index (χ4n) is 4.20. The van der Waals surface area contributed by atoms with Crippen LogP contribution < -0.4 is 14.8 Å². The van der Waals surface area contributed by atoms with Crippen LogP contribution in [0.3, 0.4) is 0 Å². The first-order chi connectivity index (χ1) is 18.7. The van der Waals surface area contributed by atoms with Gasteiger partial charge >= 0.3 is 5.97 Å². The zero-order valence-corrected chi connectivity index (χ0v) is 22.4. The van der Waals surface area contributed by atoms with Gasteiger partial charge in [-0.1, -0.05) is 66.7 Å². The van der Waals surface area contributed by atoms with Crippen molar-refractivity contribution in [2.75, 3.05) is 0 Å². The number of carbonyl (C=O) groups excluding carboxylic acids is 1. The van der Waals surface area contributed by atoms with Gasteiger partial charge in [0.25, 0.3) is 5.91 Å². The molecule has 0 saturated carbocycles. The van der Waals surface area contributed by atoms with Crippen LogP contribution in [0.4, 0.5) is 0 Å². The lowest BCUT2D eigenvalue weighted by atomic mass is 9.98. The highest BCUT2D eigenvalue weighted by molar-refractivity contribution is 5.94. The van der Waals surface area contributed by atoms with Gasteiger partial charge in [0, 0.05) is 11.6 Å². The maximum absolute atomic E-state index is 13.3. The first-order valence-electron chi connectivity index (χ1n) is 12.9. The average molecular weight is 524 g/mol. The van der Waals surface area contributed by atoms with E-state index in [4.69, 9.17) is 9.47 Å². The third kappa shape index (κ3) is 7.71. The Kier molecular flexibility index (Phi) is 8.67. The molecular weight excluding hydrogens is 490 g/mol. The third-order valence-corrected chi connectivity index (χ3v) is 6.34. The summed E-state index contributed by atoms with van der Waals surface area (Å²) < 4.78 is 11.7. The monoisotopic (exact) mass is 523 g/mol. The predicted octanol–water partition coefficient (Wildman–Crippen LogP) is 6.61. The van der Waals surface area contributed by atoms with Gasteiger partial charge in [-0.15, -0.1) is 0 Å². The summed E-state index contributed by atoms with van der Waals surface area (Å²) in [7, 11) is 0. The van der Waals surface area contributed by atoms with Gasteiger partial charge in [0.2, 0.25) is 0 Å². The molecule has 0 heterocycles. The minimum Gasteiger partial charge on any atom is -0.478 e. The van der Waals surface area contributed by atoms with E-state index in [-0.39, 0.29) is 11.9 Å². The van der Waals surface area contributed by atoms with Crippen molar-refractivity contribution in [1.82, 2.24) is 5.32 Å². The van der Waals surface area contributed by atoms with Gasteiger partial charge in [0.15, 0.2) is 5.60 Å². The van der Waals surface area contributed by atoms with Crippen LogP contribution in [0, 0.1) is 6.92 Å². The average Bonchev–Trinajstić information content (AvgIpc) is 2.91. The first kappa shape index (κ1) is 27.5. The minimum absolute atomic E-state index is 0.0860. The molecule has 6 nitrogen and oxygen atoms in total. The number of hydrogen-bond donors (Lipinski definition) is 2. The number of hydrogen-bond acceptors (Lipinski definition) is 4. The Morgan fingerprint density at radius 2 is 1.38 bits per heavy atom. The fraction of sp³-hybridized carbons (Fsp3) is 0.212. The fourth-order valence-corrected chi connectivity index (χ4v) is 4.20. The molecule has 0 fully saturated rings. The van der Waals surface area contributed by atoms with E-state index in [2.05, 4.69) is 29.6 Å². The van der Waals surface area contributed by atoms with Gasteiger partial charge in [-0.2, -0.15) is 0 Å². The molecule has 0 aliphatic heterocycles. The molecule has 0 saturated heterocycles. The quantitative estimate of drug-likeness (QED) is 0.231. The van der Waals surface area contributed by atoms with Gasteiger partial charge in [-0.25, -0.2) is 4.79 Å². The van der Waals surface area contributed by atoms with E-state index < -0.39 is 11.6 Å². The highest BCUT2D eigenvalue weighted by Gasteiger charge is 2.30. The number of ether oxygens (including phenoxy) is 2. The van der Waals surface area contributed by atoms with Crippen molar-refractivity contribution in [3.63, 3.8) is 0 Å². The molecule has 6 heteroatoms. The van der Waals surface area contributed by atoms with E-state index in [0.29, 0.717) is 35.7 Å². The SMILES string of the molecule is Cc1cc(Oc2cccc(C(=O)NC(Cc3ccccc3)Cc3ccccc3)c2)ccc1OC(C)(C)C(=O)O. The van der Waals surface area contributed by atoms with Crippen molar-refractivity contribution >= 4 is 11.9 Å². The van der Waals surface area contributed by atoms with Gasteiger partial charge in [-0.3, -0.25) is 4.79 Å². The molecule has 0 bridgehead atoms. The minimum atomic E-state index is -1.35. The molecule has 39 heavy (non-hydrogen) atoms. The lowest BCUT2D eigenvalue weighted by Gasteiger charge is -2.23. The van der Waals surface area contributed by atoms with E-state index in [1.165, 1.54) is 13.8 Å². The molecule has 4 aromatic rings. The molecule has 0 atom stereocenters. The topological polar surface area (TPSA) is 84.9 Å². The number of carboxylic acids is 1. The van der Waals surface area contributed by atoms with E-state index in [1.807, 2.05) is 43.3 Å². The van der Waals surface area contributed by atoms with Crippen molar-refractivity contribution < 1.29 is 24.2 Å². The van der Waals surface area contributed by atoms with E-state index in [1.54, 1.807) is 42.5 Å². The second-order valence-electron chi connectivity index (χ2n) is 10.0. The van der Waals surface area contributed by atoms with Crippen LogP contribution in [-0.4, -0.2) is 28.6 Å². The molecule has 1 amide bonds. The summed E-state index contributed by atoms with van der Waals surface area (Å²) in [5.41, 5.74) is 2.20. The summed E-state index contributed by atoms with van der Waals surface area (Å²) in [6.07, 6.45) is 1.42. The van der Waals surface area contributed by atoms with Crippen molar-refractivity contribution in [3.8, 4) is 17.2 Å². The van der Waals surface area contributed by atoms with Crippen LogP contribution in [0.25, 0.3) is 0 Å². The molecule has 2 N–H and O–H groups in total. The highest BCUT2D eigenvalue weighted by Crippen LogP contribution is 2.30. The zero-order valence-electron chi connectivity index (χ0n) is 22.4. The molecule has 0 aromatic heterocycles. The molecular formula is C33H33NO5. The van der Waals surface area contributed by atoms with Crippen LogP contribution >= 0.6 is 0 Å². The van der Waals surface area contributed by atoms with Gasteiger partial charge in [0.05, 0.1) is 0 Å². The Labute approximate surface area is 229 Å². The Bertz CT molecular complexity index is 1380. The summed E-state index contributed by atoms with van der Waals surface area (Å²) >= 11 is 0.